The summed E-state index contributed by atoms with van der Waals surface area (Å²) < 4.78 is 25.7. The van der Waals surface area contributed by atoms with Gasteiger partial charge in [0.1, 0.15) is 30.4 Å². The molecule has 0 aromatic carbocycles. The van der Waals surface area contributed by atoms with Crippen LogP contribution >= 0.6 is 0 Å². The Balaban J connectivity index is 1.24. The smallest absolute Gasteiger partial charge is 0.410 e. The Kier molecular flexibility index (Phi) is 5.35. The molecular weight excluding hydrogens is 463 g/mol. The van der Waals surface area contributed by atoms with Crippen molar-refractivity contribution in [1.29, 1.82) is 0 Å². The fraction of sp³-hybridized carbons (Fsp3) is 0.462. The zero-order valence-corrected chi connectivity index (χ0v) is 20.6. The highest BCUT2D eigenvalue weighted by Crippen LogP contribution is 2.37. The number of aromatic nitrogens is 3. The van der Waals surface area contributed by atoms with Gasteiger partial charge in [-0.15, -0.1) is 0 Å². The van der Waals surface area contributed by atoms with Gasteiger partial charge in [-0.25, -0.2) is 18.7 Å². The molecule has 0 spiro atoms. The third-order valence-corrected chi connectivity index (χ3v) is 6.80. The maximum absolute atomic E-state index is 12.7. The molecule has 3 fully saturated rings. The number of alkyl halides is 1. The Labute approximate surface area is 208 Å². The number of aliphatic imine (C=N–C) groups is 1. The van der Waals surface area contributed by atoms with E-state index in [1.807, 2.05) is 56.3 Å². The molecule has 2 bridgehead atoms. The Bertz CT molecular complexity index is 1330. The summed E-state index contributed by atoms with van der Waals surface area (Å²) in [6.07, 6.45) is 6.23. The molecule has 4 aliphatic rings. The van der Waals surface area contributed by atoms with Crippen molar-refractivity contribution in [2.75, 3.05) is 31.3 Å². The maximum Gasteiger partial charge on any atom is 0.410 e. The number of hydrogen-bond acceptors (Lipinski definition) is 7. The minimum Gasteiger partial charge on any atom is -0.489 e. The van der Waals surface area contributed by atoms with Crippen molar-refractivity contribution in [3.05, 3.63) is 41.9 Å². The summed E-state index contributed by atoms with van der Waals surface area (Å²) >= 11 is 0. The third kappa shape index (κ3) is 3.94. The number of piperidine rings is 1. The molecule has 3 aromatic heterocycles. The lowest BCUT2D eigenvalue weighted by Crippen LogP contribution is -2.70. The molecule has 3 saturated heterocycles. The fourth-order valence-electron chi connectivity index (χ4n) is 5.30. The van der Waals surface area contributed by atoms with E-state index in [-0.39, 0.29) is 24.8 Å². The van der Waals surface area contributed by atoms with E-state index >= 15 is 0 Å². The number of piperazine rings is 1. The fourth-order valence-corrected chi connectivity index (χ4v) is 5.30. The number of anilines is 1. The predicted molar refractivity (Wildman–Crippen MR) is 134 cm³/mol. The summed E-state index contributed by atoms with van der Waals surface area (Å²) in [6.45, 7) is 7.10. The normalized spacial score (nSPS) is 20.4. The number of fused-ring (bicyclic) bond motifs is 5. The molecule has 0 N–H and O–H groups in total. The molecule has 0 radical (unpaired) electrons. The maximum atomic E-state index is 12.7. The molecule has 1 amide bonds. The number of nitrogens with zero attached hydrogens (tertiary/aromatic N) is 6. The molecule has 0 saturated carbocycles. The molecular formula is C26H29FN6O3. The predicted octanol–water partition coefficient (Wildman–Crippen LogP) is 3.88. The number of hydrogen-bond donors (Lipinski definition) is 0. The first kappa shape index (κ1) is 22.8. The van der Waals surface area contributed by atoms with E-state index in [1.54, 1.807) is 10.7 Å². The first-order valence-corrected chi connectivity index (χ1v) is 12.3. The van der Waals surface area contributed by atoms with Crippen LogP contribution in [0.15, 0.2) is 35.6 Å². The lowest BCUT2D eigenvalue weighted by Gasteiger charge is -2.56. The van der Waals surface area contributed by atoms with Gasteiger partial charge >= 0.3 is 6.09 Å². The molecule has 3 aromatic rings. The van der Waals surface area contributed by atoms with Crippen molar-refractivity contribution in [3.8, 4) is 16.9 Å². The van der Waals surface area contributed by atoms with E-state index in [1.165, 1.54) is 0 Å². The van der Waals surface area contributed by atoms with Gasteiger partial charge in [0.15, 0.2) is 0 Å². The van der Waals surface area contributed by atoms with Crippen LogP contribution in [0.4, 0.5) is 15.0 Å². The van der Waals surface area contributed by atoms with Gasteiger partial charge in [0.05, 0.1) is 36.0 Å². The summed E-state index contributed by atoms with van der Waals surface area (Å²) in [5, 5.41) is 4.64. The summed E-state index contributed by atoms with van der Waals surface area (Å²) in [6, 6.07) is 6.22. The molecule has 0 aliphatic carbocycles. The molecule has 36 heavy (non-hydrogen) atoms. The van der Waals surface area contributed by atoms with Crippen LogP contribution in [-0.4, -0.2) is 75.9 Å². The van der Waals surface area contributed by atoms with Crippen LogP contribution in [0.3, 0.4) is 0 Å². The Hall–Kier alpha value is -3.69. The minimum absolute atomic E-state index is 0.0117. The van der Waals surface area contributed by atoms with Crippen LogP contribution in [0, 0.1) is 0 Å². The van der Waals surface area contributed by atoms with E-state index < -0.39 is 12.3 Å². The molecule has 9 nitrogen and oxygen atoms in total. The Morgan fingerprint density at radius 3 is 2.72 bits per heavy atom. The second kappa shape index (κ2) is 8.46. The minimum atomic E-state index is -0.560. The molecule has 2 atom stereocenters. The Morgan fingerprint density at radius 2 is 2.03 bits per heavy atom. The van der Waals surface area contributed by atoms with Gasteiger partial charge in [0, 0.05) is 42.2 Å². The van der Waals surface area contributed by atoms with Crippen molar-refractivity contribution in [2.24, 2.45) is 4.99 Å². The van der Waals surface area contributed by atoms with Crippen molar-refractivity contribution in [1.82, 2.24) is 19.5 Å². The van der Waals surface area contributed by atoms with E-state index in [9.17, 15) is 9.18 Å². The van der Waals surface area contributed by atoms with Crippen molar-refractivity contribution in [3.63, 3.8) is 0 Å². The summed E-state index contributed by atoms with van der Waals surface area (Å²) in [5.74, 6) is 1.43. The molecule has 7 rings (SSSR count). The van der Waals surface area contributed by atoms with Crippen LogP contribution in [0.2, 0.25) is 0 Å². The van der Waals surface area contributed by atoms with Crippen LogP contribution < -0.4 is 9.64 Å². The second-order valence-corrected chi connectivity index (χ2v) is 10.5. The third-order valence-electron chi connectivity index (χ3n) is 6.80. The quantitative estimate of drug-likeness (QED) is 0.538. The molecule has 10 heteroatoms. The number of carbonyl (C=O) groups is 1. The summed E-state index contributed by atoms with van der Waals surface area (Å²) in [7, 11) is 0. The van der Waals surface area contributed by atoms with Crippen LogP contribution in [0.1, 0.15) is 38.4 Å². The van der Waals surface area contributed by atoms with Gasteiger partial charge in [0.25, 0.3) is 0 Å². The van der Waals surface area contributed by atoms with Gasteiger partial charge in [-0.3, -0.25) is 9.89 Å². The van der Waals surface area contributed by atoms with E-state index in [0.717, 1.165) is 53.2 Å². The number of carbonyl (C=O) groups excluding carboxylic acids is 1. The number of halogens is 1. The highest BCUT2D eigenvalue weighted by atomic mass is 19.1. The number of amides is 1. The lowest BCUT2D eigenvalue weighted by molar-refractivity contribution is -0.0380. The standard InChI is InChI=1S/C26H29FN6O3/c1-26(2,3)36-25(34)33-17-8-18(33)14-31(13-17)23-5-4-16(10-29-23)20-9-19(35-7-6-27)15-32-24(20)21-11-28-12-22(21)30-32/h4-5,9-11,15,17-18H,6-8,12-14H2,1-3H3. The van der Waals surface area contributed by atoms with Crippen molar-refractivity contribution >= 4 is 23.6 Å². The highest BCUT2D eigenvalue weighted by Gasteiger charge is 2.49. The first-order chi connectivity index (χ1) is 17.3. The largest absolute Gasteiger partial charge is 0.489 e. The van der Waals surface area contributed by atoms with E-state index in [0.29, 0.717) is 12.3 Å². The second-order valence-electron chi connectivity index (χ2n) is 10.5. The van der Waals surface area contributed by atoms with Crippen molar-refractivity contribution < 1.29 is 18.7 Å². The van der Waals surface area contributed by atoms with Gasteiger partial charge in [0.2, 0.25) is 0 Å². The molecule has 188 valence electrons. The highest BCUT2D eigenvalue weighted by molar-refractivity contribution is 5.99. The average molecular weight is 493 g/mol. The number of rotatable bonds is 5. The zero-order valence-electron chi connectivity index (χ0n) is 20.6. The summed E-state index contributed by atoms with van der Waals surface area (Å²) in [4.78, 5) is 25.8. The number of pyridine rings is 2. The van der Waals surface area contributed by atoms with Crippen LogP contribution in [0.25, 0.3) is 16.6 Å². The zero-order chi connectivity index (χ0) is 25.0. The molecule has 4 aliphatic heterocycles. The van der Waals surface area contributed by atoms with Gasteiger partial charge in [-0.1, -0.05) is 0 Å². The topological polar surface area (TPSA) is 84.6 Å². The van der Waals surface area contributed by atoms with E-state index in [4.69, 9.17) is 14.5 Å². The van der Waals surface area contributed by atoms with Crippen LogP contribution in [0.5, 0.6) is 5.75 Å². The van der Waals surface area contributed by atoms with Crippen LogP contribution in [-0.2, 0) is 11.3 Å². The Morgan fingerprint density at radius 1 is 1.22 bits per heavy atom. The van der Waals surface area contributed by atoms with Crippen molar-refractivity contribution in [2.45, 2.75) is 51.4 Å². The van der Waals surface area contributed by atoms with Gasteiger partial charge < -0.3 is 14.4 Å². The number of ether oxygens (including phenoxy) is 2. The SMILES string of the molecule is CC(C)(C)OC(=O)N1C2CC1CN(c1ccc(-c3cc(OCCF)cn4nc5c(c34)C=NC5)cn1)C2. The average Bonchev–Trinajstić information content (AvgIpc) is 3.42. The lowest BCUT2D eigenvalue weighted by atomic mass is 9.88. The van der Waals surface area contributed by atoms with E-state index in [2.05, 4.69) is 15.0 Å². The first-order valence-electron chi connectivity index (χ1n) is 12.3. The molecule has 2 unspecified atom stereocenters. The monoisotopic (exact) mass is 492 g/mol. The van der Waals surface area contributed by atoms with Gasteiger partial charge in [-0.05, 0) is 45.4 Å². The molecule has 7 heterocycles. The summed E-state index contributed by atoms with van der Waals surface area (Å²) in [5.41, 5.74) is 4.15. The van der Waals surface area contributed by atoms with Gasteiger partial charge in [-0.2, -0.15) is 5.10 Å².